The Morgan fingerprint density at radius 1 is 0.690 bits per heavy atom. The van der Waals surface area contributed by atoms with Gasteiger partial charge in [-0.25, -0.2) is 0 Å². The number of rotatable bonds is 7. The van der Waals surface area contributed by atoms with Gasteiger partial charge in [-0.15, -0.1) is 0 Å². The summed E-state index contributed by atoms with van der Waals surface area (Å²) >= 11 is 0. The van der Waals surface area contributed by atoms with Gasteiger partial charge >= 0.3 is 0 Å². The summed E-state index contributed by atoms with van der Waals surface area (Å²) in [7, 11) is -0.551. The number of hydrogen-bond donors (Lipinski definition) is 0. The van der Waals surface area contributed by atoms with Crippen LogP contribution in [0.5, 0.6) is 0 Å². The first-order valence-electron chi connectivity index (χ1n) is 11.1. The Morgan fingerprint density at radius 3 is 1.69 bits per heavy atom. The molecule has 0 aliphatic carbocycles. The van der Waals surface area contributed by atoms with Gasteiger partial charge in [-0.2, -0.15) is 0 Å². The molecule has 3 aromatic carbocycles. The number of nitrogens with zero attached hydrogens (tertiary/aromatic N) is 1. The molecule has 0 unspecified atom stereocenters. The zero-order chi connectivity index (χ0) is 20.1. The first kappa shape index (κ1) is 20.3. The van der Waals surface area contributed by atoms with Crippen LogP contribution in [0.15, 0.2) is 84.9 Å². The summed E-state index contributed by atoms with van der Waals surface area (Å²) in [6, 6.07) is 32.8. The summed E-state index contributed by atoms with van der Waals surface area (Å²) in [6.45, 7) is 5.77. The van der Waals surface area contributed by atoms with Crippen LogP contribution in [0.1, 0.15) is 45.1 Å². The normalized spacial score (nSPS) is 19.7. The average Bonchev–Trinajstić information content (AvgIpc) is 3.18. The van der Waals surface area contributed by atoms with Gasteiger partial charge in [-0.05, 0) is 55.1 Å². The number of likely N-dealkylation sites (tertiary alicyclic amines) is 1. The van der Waals surface area contributed by atoms with Crippen molar-refractivity contribution >= 4 is 23.8 Å². The van der Waals surface area contributed by atoms with Crippen molar-refractivity contribution in [3.8, 4) is 0 Å². The van der Waals surface area contributed by atoms with Crippen molar-refractivity contribution in [1.82, 2.24) is 4.90 Å². The van der Waals surface area contributed by atoms with Crippen LogP contribution in [0.3, 0.4) is 0 Å². The molecule has 1 aliphatic heterocycles. The second kappa shape index (κ2) is 9.70. The topological polar surface area (TPSA) is 3.24 Å². The SMILES string of the molecule is CC[C@@H]1CC[C@@H](CC)N1Cc1ccccc1P(c1ccccc1)c1ccccc1. The Kier molecular flexibility index (Phi) is 6.80. The quantitative estimate of drug-likeness (QED) is 0.466. The van der Waals surface area contributed by atoms with Gasteiger partial charge in [0.05, 0.1) is 0 Å². The lowest BCUT2D eigenvalue weighted by molar-refractivity contribution is 0.176. The summed E-state index contributed by atoms with van der Waals surface area (Å²) in [5.74, 6) is 0. The molecule has 0 spiro atoms. The van der Waals surface area contributed by atoms with Crippen molar-refractivity contribution < 1.29 is 0 Å². The summed E-state index contributed by atoms with van der Waals surface area (Å²) in [6.07, 6.45) is 5.21. The average molecular weight is 402 g/mol. The van der Waals surface area contributed by atoms with Crippen molar-refractivity contribution in [3.05, 3.63) is 90.5 Å². The molecule has 0 aromatic heterocycles. The van der Waals surface area contributed by atoms with Crippen LogP contribution in [0.25, 0.3) is 0 Å². The van der Waals surface area contributed by atoms with E-state index < -0.39 is 7.92 Å². The van der Waals surface area contributed by atoms with E-state index >= 15 is 0 Å². The minimum Gasteiger partial charge on any atom is -0.293 e. The van der Waals surface area contributed by atoms with Gasteiger partial charge in [0, 0.05) is 18.6 Å². The molecule has 1 saturated heterocycles. The first-order chi connectivity index (χ1) is 14.3. The van der Waals surface area contributed by atoms with E-state index in [1.807, 2.05) is 0 Å². The zero-order valence-electron chi connectivity index (χ0n) is 17.7. The number of hydrogen-bond acceptors (Lipinski definition) is 1. The Hall–Kier alpha value is -1.95. The molecule has 0 saturated carbocycles. The third-order valence-corrected chi connectivity index (χ3v) is 8.88. The van der Waals surface area contributed by atoms with E-state index in [-0.39, 0.29) is 0 Å². The van der Waals surface area contributed by atoms with E-state index in [2.05, 4.69) is 104 Å². The van der Waals surface area contributed by atoms with Gasteiger partial charge in [0.2, 0.25) is 0 Å². The van der Waals surface area contributed by atoms with Crippen molar-refractivity contribution in [3.63, 3.8) is 0 Å². The smallest absolute Gasteiger partial charge is 0.0246 e. The van der Waals surface area contributed by atoms with Crippen molar-refractivity contribution in [2.24, 2.45) is 0 Å². The highest BCUT2D eigenvalue weighted by molar-refractivity contribution is 7.79. The van der Waals surface area contributed by atoms with Gasteiger partial charge in [0.15, 0.2) is 0 Å². The highest BCUT2D eigenvalue weighted by atomic mass is 31.1. The van der Waals surface area contributed by atoms with Crippen molar-refractivity contribution in [2.45, 2.75) is 58.2 Å². The fourth-order valence-corrected chi connectivity index (χ4v) is 7.25. The lowest BCUT2D eigenvalue weighted by Crippen LogP contribution is -2.36. The molecule has 1 fully saturated rings. The summed E-state index contributed by atoms with van der Waals surface area (Å²) in [5, 5.41) is 4.37. The third kappa shape index (κ3) is 4.47. The maximum atomic E-state index is 2.79. The molecule has 29 heavy (non-hydrogen) atoms. The Balaban J connectivity index is 1.75. The lowest BCUT2D eigenvalue weighted by Gasteiger charge is -2.31. The van der Waals surface area contributed by atoms with E-state index in [0.29, 0.717) is 0 Å². The van der Waals surface area contributed by atoms with E-state index in [1.54, 1.807) is 0 Å². The molecule has 3 aromatic rings. The van der Waals surface area contributed by atoms with Gasteiger partial charge in [0.1, 0.15) is 0 Å². The second-order valence-corrected chi connectivity index (χ2v) is 10.2. The zero-order valence-corrected chi connectivity index (χ0v) is 18.6. The van der Waals surface area contributed by atoms with E-state index in [1.165, 1.54) is 47.2 Å². The first-order valence-corrected chi connectivity index (χ1v) is 12.4. The molecule has 0 radical (unpaired) electrons. The second-order valence-electron chi connectivity index (χ2n) is 8.01. The maximum absolute atomic E-state index is 2.79. The molecule has 0 bridgehead atoms. The summed E-state index contributed by atoms with van der Waals surface area (Å²) in [5.41, 5.74) is 1.50. The number of benzene rings is 3. The molecule has 2 heteroatoms. The van der Waals surface area contributed by atoms with Gasteiger partial charge in [-0.3, -0.25) is 4.90 Å². The van der Waals surface area contributed by atoms with Crippen LogP contribution in [0.4, 0.5) is 0 Å². The monoisotopic (exact) mass is 401 g/mol. The summed E-state index contributed by atoms with van der Waals surface area (Å²) < 4.78 is 0. The van der Waals surface area contributed by atoms with Gasteiger partial charge in [0.25, 0.3) is 0 Å². The molecular weight excluding hydrogens is 369 g/mol. The fourth-order valence-electron chi connectivity index (χ4n) is 4.79. The van der Waals surface area contributed by atoms with Gasteiger partial charge < -0.3 is 0 Å². The predicted octanol–water partition coefficient (Wildman–Crippen LogP) is 5.60. The summed E-state index contributed by atoms with van der Waals surface area (Å²) in [4.78, 5) is 2.79. The van der Waals surface area contributed by atoms with Crippen LogP contribution >= 0.6 is 7.92 Å². The van der Waals surface area contributed by atoms with Gasteiger partial charge in [-0.1, -0.05) is 98.8 Å². The molecule has 150 valence electrons. The Bertz CT molecular complexity index is 841. The molecule has 0 amide bonds. The molecule has 1 nitrogen and oxygen atoms in total. The minimum atomic E-state index is -0.551. The maximum Gasteiger partial charge on any atom is 0.0246 e. The molecule has 0 N–H and O–H groups in total. The largest absolute Gasteiger partial charge is 0.293 e. The van der Waals surface area contributed by atoms with E-state index in [4.69, 9.17) is 0 Å². The Morgan fingerprint density at radius 2 is 1.17 bits per heavy atom. The van der Waals surface area contributed by atoms with Crippen LogP contribution in [-0.2, 0) is 6.54 Å². The Labute approximate surface area is 177 Å². The molecule has 1 heterocycles. The van der Waals surface area contributed by atoms with E-state index in [0.717, 1.165) is 18.6 Å². The lowest BCUT2D eigenvalue weighted by atomic mass is 10.1. The molecule has 2 atom stereocenters. The highest BCUT2D eigenvalue weighted by Gasteiger charge is 2.32. The van der Waals surface area contributed by atoms with Crippen molar-refractivity contribution in [2.75, 3.05) is 0 Å². The molecule has 1 aliphatic rings. The minimum absolute atomic E-state index is 0.551. The fraction of sp³-hybridized carbons (Fsp3) is 0.333. The van der Waals surface area contributed by atoms with Crippen LogP contribution in [-0.4, -0.2) is 17.0 Å². The van der Waals surface area contributed by atoms with Crippen LogP contribution in [0, 0.1) is 0 Å². The van der Waals surface area contributed by atoms with Crippen LogP contribution < -0.4 is 15.9 Å². The molecule has 4 rings (SSSR count). The van der Waals surface area contributed by atoms with Crippen molar-refractivity contribution in [1.29, 1.82) is 0 Å². The van der Waals surface area contributed by atoms with E-state index in [9.17, 15) is 0 Å². The third-order valence-electron chi connectivity index (χ3n) is 6.33. The van der Waals surface area contributed by atoms with Crippen LogP contribution in [0.2, 0.25) is 0 Å². The highest BCUT2D eigenvalue weighted by Crippen LogP contribution is 2.36. The molecular formula is C27H32NP. The predicted molar refractivity (Wildman–Crippen MR) is 128 cm³/mol. The standard InChI is InChI=1S/C27H32NP/c1-3-23-19-20-24(4-2)28(23)21-22-13-11-12-18-27(22)29(25-14-7-5-8-15-25)26-16-9-6-10-17-26/h5-18,23-24H,3-4,19-21H2,1-2H3/t23-,24-/m1/s1.